The van der Waals surface area contributed by atoms with Gasteiger partial charge in [0.05, 0.1) is 13.2 Å². The van der Waals surface area contributed by atoms with E-state index < -0.39 is 12.1 Å². The van der Waals surface area contributed by atoms with Crippen molar-refractivity contribution in [3.63, 3.8) is 0 Å². The van der Waals surface area contributed by atoms with Crippen LogP contribution in [0, 0.1) is 0 Å². The first-order chi connectivity index (χ1) is 12.2. The lowest BCUT2D eigenvalue weighted by molar-refractivity contribution is -0.142. The van der Waals surface area contributed by atoms with Crippen molar-refractivity contribution >= 4 is 12.1 Å². The zero-order valence-electron chi connectivity index (χ0n) is 16.4. The summed E-state index contributed by atoms with van der Waals surface area (Å²) in [5.74, 6) is -0.410. The molecule has 0 aromatic rings. The first kappa shape index (κ1) is 23.7. The Labute approximate surface area is 154 Å². The fourth-order valence-electron chi connectivity index (χ4n) is 2.68. The molecule has 0 saturated carbocycles. The fraction of sp³-hybridized carbons (Fsp3) is 0.900. The van der Waals surface area contributed by atoms with Gasteiger partial charge in [-0.2, -0.15) is 0 Å². The molecule has 0 unspecified atom stereocenters. The summed E-state index contributed by atoms with van der Waals surface area (Å²) in [6, 6.07) is 0. The maximum absolute atomic E-state index is 11.4. The second-order valence-electron chi connectivity index (χ2n) is 6.54. The summed E-state index contributed by atoms with van der Waals surface area (Å²) in [5, 5.41) is 2.35. The summed E-state index contributed by atoms with van der Waals surface area (Å²) in [7, 11) is 0. The average Bonchev–Trinajstić information content (AvgIpc) is 2.60. The molecular formula is C20H39NO4. The molecule has 1 N–H and O–H groups in total. The third kappa shape index (κ3) is 18.9. The average molecular weight is 358 g/mol. The van der Waals surface area contributed by atoms with E-state index in [1.807, 2.05) is 0 Å². The normalized spacial score (nSPS) is 10.5. The van der Waals surface area contributed by atoms with E-state index in [2.05, 4.69) is 17.0 Å². The summed E-state index contributed by atoms with van der Waals surface area (Å²) in [5.41, 5.74) is 0. The van der Waals surface area contributed by atoms with Crippen LogP contribution >= 0.6 is 0 Å². The van der Waals surface area contributed by atoms with Gasteiger partial charge in [-0.3, -0.25) is 4.79 Å². The van der Waals surface area contributed by atoms with Crippen molar-refractivity contribution in [2.75, 3.05) is 19.8 Å². The van der Waals surface area contributed by atoms with Crippen LogP contribution in [0.15, 0.2) is 0 Å². The van der Waals surface area contributed by atoms with Crippen molar-refractivity contribution in [2.24, 2.45) is 0 Å². The maximum atomic E-state index is 11.4. The summed E-state index contributed by atoms with van der Waals surface area (Å²) >= 11 is 0. The first-order valence-corrected chi connectivity index (χ1v) is 10.3. The highest BCUT2D eigenvalue weighted by Gasteiger charge is 2.06. The molecule has 0 heterocycles. The van der Waals surface area contributed by atoms with Crippen LogP contribution in [-0.4, -0.2) is 31.8 Å². The van der Waals surface area contributed by atoms with Crippen molar-refractivity contribution in [2.45, 2.75) is 97.3 Å². The van der Waals surface area contributed by atoms with Crippen LogP contribution < -0.4 is 5.32 Å². The van der Waals surface area contributed by atoms with E-state index in [1.165, 1.54) is 70.6 Å². The van der Waals surface area contributed by atoms with Crippen molar-refractivity contribution in [3.05, 3.63) is 0 Å². The molecule has 0 aliphatic rings. The number of nitrogens with one attached hydrogen (secondary N) is 1. The molecule has 1 amide bonds. The minimum Gasteiger partial charge on any atom is -0.464 e. The molecule has 5 nitrogen and oxygen atoms in total. The minimum absolute atomic E-state index is 0.128. The second kappa shape index (κ2) is 19.1. The third-order valence-corrected chi connectivity index (χ3v) is 4.16. The highest BCUT2D eigenvalue weighted by atomic mass is 16.6. The molecule has 0 spiro atoms. The van der Waals surface area contributed by atoms with E-state index in [4.69, 9.17) is 4.74 Å². The van der Waals surface area contributed by atoms with E-state index in [0.717, 1.165) is 12.8 Å². The van der Waals surface area contributed by atoms with Crippen molar-refractivity contribution in [3.8, 4) is 0 Å². The third-order valence-electron chi connectivity index (χ3n) is 4.16. The van der Waals surface area contributed by atoms with Crippen LogP contribution in [-0.2, 0) is 14.3 Å². The second-order valence-corrected chi connectivity index (χ2v) is 6.54. The Morgan fingerprint density at radius 1 is 0.680 bits per heavy atom. The van der Waals surface area contributed by atoms with Crippen LogP contribution in [0.1, 0.15) is 97.3 Å². The molecular weight excluding hydrogens is 318 g/mol. The van der Waals surface area contributed by atoms with Gasteiger partial charge in [-0.05, 0) is 13.3 Å². The Balaban J connectivity index is 3.18. The van der Waals surface area contributed by atoms with Crippen LogP contribution in [0.3, 0.4) is 0 Å². The Morgan fingerprint density at radius 2 is 1.16 bits per heavy atom. The van der Waals surface area contributed by atoms with E-state index in [-0.39, 0.29) is 6.54 Å². The molecule has 0 aromatic carbocycles. The lowest BCUT2D eigenvalue weighted by Crippen LogP contribution is -2.31. The van der Waals surface area contributed by atoms with Gasteiger partial charge < -0.3 is 14.8 Å². The first-order valence-electron chi connectivity index (χ1n) is 10.3. The Morgan fingerprint density at radius 3 is 1.64 bits per heavy atom. The van der Waals surface area contributed by atoms with Gasteiger partial charge in [0.2, 0.25) is 0 Å². The minimum atomic E-state index is -0.583. The lowest BCUT2D eigenvalue weighted by Gasteiger charge is -2.06. The Bertz CT molecular complexity index is 321. The number of unbranched alkanes of at least 4 members (excludes halogenated alkanes) is 12. The van der Waals surface area contributed by atoms with Gasteiger partial charge in [-0.1, -0.05) is 84.0 Å². The SMILES string of the molecule is CCCCCCCCCCCCCCCOC(=O)CNC(=O)OCC. The van der Waals surface area contributed by atoms with Gasteiger partial charge in [0.1, 0.15) is 6.54 Å². The van der Waals surface area contributed by atoms with Crippen molar-refractivity contribution in [1.82, 2.24) is 5.32 Å². The Kier molecular flexibility index (Phi) is 18.1. The van der Waals surface area contributed by atoms with Crippen LogP contribution in [0.5, 0.6) is 0 Å². The molecule has 0 aromatic heterocycles. The van der Waals surface area contributed by atoms with E-state index >= 15 is 0 Å². The van der Waals surface area contributed by atoms with Crippen molar-refractivity contribution in [1.29, 1.82) is 0 Å². The molecule has 148 valence electrons. The topological polar surface area (TPSA) is 64.6 Å². The van der Waals surface area contributed by atoms with Gasteiger partial charge in [-0.15, -0.1) is 0 Å². The quantitative estimate of drug-likeness (QED) is 0.281. The largest absolute Gasteiger partial charge is 0.464 e. The number of alkyl carbamates (subject to hydrolysis) is 1. The monoisotopic (exact) mass is 357 g/mol. The van der Waals surface area contributed by atoms with Crippen LogP contribution in [0.2, 0.25) is 0 Å². The van der Waals surface area contributed by atoms with Gasteiger partial charge in [0.25, 0.3) is 0 Å². The fourth-order valence-corrected chi connectivity index (χ4v) is 2.68. The molecule has 0 bridgehead atoms. The number of carbonyl (C=O) groups is 2. The van der Waals surface area contributed by atoms with Gasteiger partial charge >= 0.3 is 12.1 Å². The predicted molar refractivity (Wildman–Crippen MR) is 102 cm³/mol. The number of ether oxygens (including phenoxy) is 2. The van der Waals surface area contributed by atoms with Gasteiger partial charge in [0, 0.05) is 0 Å². The zero-order chi connectivity index (χ0) is 18.6. The number of hydrogen-bond acceptors (Lipinski definition) is 4. The molecule has 0 aliphatic carbocycles. The van der Waals surface area contributed by atoms with E-state index in [0.29, 0.717) is 13.2 Å². The van der Waals surface area contributed by atoms with Crippen LogP contribution in [0.25, 0.3) is 0 Å². The standard InChI is InChI=1S/C20H39NO4/c1-3-5-6-7-8-9-10-11-12-13-14-15-16-17-25-19(22)18-21-20(23)24-4-2/h3-18H2,1-2H3,(H,21,23). The summed E-state index contributed by atoms with van der Waals surface area (Å²) in [6.45, 7) is 4.57. The smallest absolute Gasteiger partial charge is 0.407 e. The molecule has 5 heteroatoms. The molecule has 0 saturated heterocycles. The molecule has 0 aliphatic heterocycles. The number of rotatable bonds is 17. The number of hydrogen-bond donors (Lipinski definition) is 1. The highest BCUT2D eigenvalue weighted by molar-refractivity contribution is 5.77. The Hall–Kier alpha value is -1.26. The molecule has 25 heavy (non-hydrogen) atoms. The lowest BCUT2D eigenvalue weighted by atomic mass is 10.0. The number of carbonyl (C=O) groups excluding carboxylic acids is 2. The molecule has 0 atom stereocenters. The molecule has 0 rings (SSSR count). The van der Waals surface area contributed by atoms with E-state index in [9.17, 15) is 9.59 Å². The predicted octanol–water partition coefficient (Wildman–Crippen LogP) is 5.37. The molecule has 0 radical (unpaired) electrons. The van der Waals surface area contributed by atoms with Gasteiger partial charge in [-0.25, -0.2) is 4.79 Å². The van der Waals surface area contributed by atoms with Crippen LogP contribution in [0.4, 0.5) is 4.79 Å². The summed E-state index contributed by atoms with van der Waals surface area (Å²) in [4.78, 5) is 22.4. The van der Waals surface area contributed by atoms with E-state index in [1.54, 1.807) is 6.92 Å². The highest BCUT2D eigenvalue weighted by Crippen LogP contribution is 2.12. The maximum Gasteiger partial charge on any atom is 0.407 e. The number of esters is 1. The van der Waals surface area contributed by atoms with Gasteiger partial charge in [0.15, 0.2) is 0 Å². The summed E-state index contributed by atoms with van der Waals surface area (Å²) < 4.78 is 9.72. The van der Waals surface area contributed by atoms with Crippen molar-refractivity contribution < 1.29 is 19.1 Å². The zero-order valence-corrected chi connectivity index (χ0v) is 16.4. The summed E-state index contributed by atoms with van der Waals surface area (Å²) in [6.07, 6.45) is 16.2. The molecule has 0 fully saturated rings. The number of amides is 1.